The van der Waals surface area contributed by atoms with E-state index in [4.69, 9.17) is 46.4 Å². The number of halogens is 4. The highest BCUT2D eigenvalue weighted by molar-refractivity contribution is 7.92. The summed E-state index contributed by atoms with van der Waals surface area (Å²) in [5.74, 6) is -0.884. The van der Waals surface area contributed by atoms with Gasteiger partial charge >= 0.3 is 0 Å². The lowest BCUT2D eigenvalue weighted by atomic mass is 10.1. The molecule has 3 aromatic rings. The molecule has 0 bridgehead atoms. The minimum atomic E-state index is -4.25. The first-order valence-corrected chi connectivity index (χ1v) is 15.7. The molecule has 1 atom stereocenters. The predicted octanol–water partition coefficient (Wildman–Crippen LogP) is 6.99. The van der Waals surface area contributed by atoms with Crippen molar-refractivity contribution in [2.24, 2.45) is 5.92 Å². The highest BCUT2D eigenvalue weighted by atomic mass is 35.5. The molecule has 0 unspecified atom stereocenters. The first-order valence-electron chi connectivity index (χ1n) is 12.8. The lowest BCUT2D eigenvalue weighted by Gasteiger charge is -2.32. The van der Waals surface area contributed by atoms with Crippen LogP contribution in [0.3, 0.4) is 0 Å². The fourth-order valence-electron chi connectivity index (χ4n) is 3.90. The largest absolute Gasteiger partial charge is 0.354 e. The normalized spacial score (nSPS) is 12.2. The third-order valence-electron chi connectivity index (χ3n) is 6.32. The third-order valence-corrected chi connectivity index (χ3v) is 9.56. The Hall–Kier alpha value is -2.49. The van der Waals surface area contributed by atoms with Crippen LogP contribution in [0.2, 0.25) is 20.1 Å². The Bertz CT molecular complexity index is 1490. The van der Waals surface area contributed by atoms with Gasteiger partial charge < -0.3 is 10.2 Å². The van der Waals surface area contributed by atoms with Gasteiger partial charge in [0.05, 0.1) is 20.6 Å². The van der Waals surface area contributed by atoms with Gasteiger partial charge in [-0.05, 0) is 62.2 Å². The summed E-state index contributed by atoms with van der Waals surface area (Å²) in [5.41, 5.74) is 1.42. The zero-order valence-corrected chi connectivity index (χ0v) is 26.8. The van der Waals surface area contributed by atoms with E-state index in [1.54, 1.807) is 37.3 Å². The zero-order valence-electron chi connectivity index (χ0n) is 23.0. The van der Waals surface area contributed by atoms with Crippen LogP contribution in [0.15, 0.2) is 65.6 Å². The second kappa shape index (κ2) is 14.1. The molecule has 0 aliphatic rings. The molecular formula is C29H31Cl4N3O4S. The van der Waals surface area contributed by atoms with E-state index in [9.17, 15) is 18.0 Å². The summed E-state index contributed by atoms with van der Waals surface area (Å²) in [4.78, 5) is 28.4. The Balaban J connectivity index is 2.08. The van der Waals surface area contributed by atoms with Crippen LogP contribution in [-0.2, 0) is 26.2 Å². The van der Waals surface area contributed by atoms with Crippen molar-refractivity contribution in [3.05, 3.63) is 91.9 Å². The van der Waals surface area contributed by atoms with Gasteiger partial charge in [-0.25, -0.2) is 8.42 Å². The van der Waals surface area contributed by atoms with Gasteiger partial charge in [-0.1, -0.05) is 84.0 Å². The summed E-state index contributed by atoms with van der Waals surface area (Å²) in [6.07, 6.45) is 0. The van der Waals surface area contributed by atoms with Crippen LogP contribution >= 0.6 is 46.4 Å². The number of aryl methyl sites for hydroxylation is 1. The van der Waals surface area contributed by atoms with Crippen LogP contribution in [0.4, 0.5) is 5.69 Å². The Morgan fingerprint density at radius 1 is 0.854 bits per heavy atom. The minimum Gasteiger partial charge on any atom is -0.354 e. The van der Waals surface area contributed by atoms with E-state index >= 15 is 0 Å². The average molecular weight is 659 g/mol. The number of nitrogens with zero attached hydrogens (tertiary/aromatic N) is 2. The van der Waals surface area contributed by atoms with Crippen LogP contribution in [0.1, 0.15) is 31.9 Å². The first kappa shape index (κ1) is 33.0. The number of rotatable bonds is 11. The molecule has 0 saturated heterocycles. The molecule has 0 radical (unpaired) electrons. The van der Waals surface area contributed by atoms with Crippen molar-refractivity contribution in [1.29, 1.82) is 0 Å². The van der Waals surface area contributed by atoms with Gasteiger partial charge in [0, 0.05) is 28.7 Å². The number of nitrogens with one attached hydrogen (secondary N) is 1. The van der Waals surface area contributed by atoms with Gasteiger partial charge in [0.25, 0.3) is 10.0 Å². The average Bonchev–Trinajstić information content (AvgIpc) is 2.91. The molecule has 220 valence electrons. The van der Waals surface area contributed by atoms with Crippen molar-refractivity contribution in [1.82, 2.24) is 10.2 Å². The van der Waals surface area contributed by atoms with Gasteiger partial charge in [0.1, 0.15) is 12.6 Å². The van der Waals surface area contributed by atoms with Crippen molar-refractivity contribution in [2.75, 3.05) is 17.4 Å². The van der Waals surface area contributed by atoms with Crippen molar-refractivity contribution in [3.8, 4) is 0 Å². The summed E-state index contributed by atoms with van der Waals surface area (Å²) >= 11 is 25.1. The van der Waals surface area contributed by atoms with Crippen molar-refractivity contribution >= 4 is 73.9 Å². The van der Waals surface area contributed by atoms with E-state index in [1.807, 2.05) is 20.8 Å². The first-order chi connectivity index (χ1) is 19.2. The molecule has 0 heterocycles. The van der Waals surface area contributed by atoms with E-state index in [2.05, 4.69) is 5.32 Å². The van der Waals surface area contributed by atoms with Gasteiger partial charge in [-0.3, -0.25) is 13.9 Å². The maximum Gasteiger partial charge on any atom is 0.264 e. The van der Waals surface area contributed by atoms with E-state index < -0.39 is 34.4 Å². The monoisotopic (exact) mass is 657 g/mol. The summed E-state index contributed by atoms with van der Waals surface area (Å²) in [5, 5.41) is 3.77. The lowest BCUT2D eigenvalue weighted by Crippen LogP contribution is -2.51. The number of benzene rings is 3. The van der Waals surface area contributed by atoms with Gasteiger partial charge in [0.2, 0.25) is 11.8 Å². The fraction of sp³-hybridized carbons (Fsp3) is 0.310. The van der Waals surface area contributed by atoms with Gasteiger partial charge in [-0.15, -0.1) is 0 Å². The summed E-state index contributed by atoms with van der Waals surface area (Å²) < 4.78 is 28.8. The lowest BCUT2D eigenvalue weighted by molar-refractivity contribution is -0.139. The summed E-state index contributed by atoms with van der Waals surface area (Å²) in [6, 6.07) is 14.5. The number of sulfonamides is 1. The SMILES string of the molecule is Cc1ccc(S(=O)(=O)N(CC(=O)N(Cc2c(Cl)cccc2Cl)[C@H](C)C(=O)NCC(C)C)c2ccc(Cl)c(Cl)c2)cc1. The molecule has 0 saturated carbocycles. The van der Waals surface area contributed by atoms with Gasteiger partial charge in [-0.2, -0.15) is 0 Å². The highest BCUT2D eigenvalue weighted by Gasteiger charge is 2.33. The maximum absolute atomic E-state index is 14.0. The Labute approximate surface area is 261 Å². The molecule has 3 aromatic carbocycles. The Morgan fingerprint density at radius 2 is 1.46 bits per heavy atom. The molecule has 0 aliphatic heterocycles. The molecule has 1 N–H and O–H groups in total. The Kier molecular flexibility index (Phi) is 11.4. The second-order valence-corrected chi connectivity index (χ2v) is 13.5. The highest BCUT2D eigenvalue weighted by Crippen LogP contribution is 2.32. The molecule has 41 heavy (non-hydrogen) atoms. The number of hydrogen-bond acceptors (Lipinski definition) is 4. The minimum absolute atomic E-state index is 0.0228. The standard InChI is InChI=1S/C29H31Cl4N3O4S/c1-18(2)15-34-29(38)20(4)35(16-23-24(30)6-5-7-25(23)31)28(37)17-36(21-10-13-26(32)27(33)14-21)41(39,40)22-11-8-19(3)9-12-22/h5-14,18,20H,15-17H2,1-4H3,(H,34,38)/t20-/m1/s1. The van der Waals surface area contributed by atoms with Crippen LogP contribution < -0.4 is 9.62 Å². The quantitative estimate of drug-likeness (QED) is 0.241. The summed E-state index contributed by atoms with van der Waals surface area (Å²) in [7, 11) is -4.25. The molecule has 0 aromatic heterocycles. The maximum atomic E-state index is 14.0. The zero-order chi connectivity index (χ0) is 30.5. The molecule has 12 heteroatoms. The molecule has 2 amide bonds. The van der Waals surface area contributed by atoms with Crippen molar-refractivity contribution < 1.29 is 18.0 Å². The van der Waals surface area contributed by atoms with Crippen molar-refractivity contribution in [3.63, 3.8) is 0 Å². The van der Waals surface area contributed by atoms with E-state index in [1.165, 1.54) is 35.2 Å². The van der Waals surface area contributed by atoms with Crippen LogP contribution in [0.25, 0.3) is 0 Å². The number of carbonyl (C=O) groups is 2. The van der Waals surface area contributed by atoms with Crippen LogP contribution in [0, 0.1) is 12.8 Å². The number of carbonyl (C=O) groups excluding carboxylic acids is 2. The van der Waals surface area contributed by atoms with Crippen molar-refractivity contribution in [2.45, 2.75) is 45.2 Å². The van der Waals surface area contributed by atoms with E-state index in [0.29, 0.717) is 22.2 Å². The molecule has 0 fully saturated rings. The molecule has 0 spiro atoms. The van der Waals surface area contributed by atoms with E-state index in [-0.39, 0.29) is 33.1 Å². The van der Waals surface area contributed by atoms with Crippen LogP contribution in [-0.4, -0.2) is 44.3 Å². The topological polar surface area (TPSA) is 86.8 Å². The molecule has 7 nitrogen and oxygen atoms in total. The smallest absolute Gasteiger partial charge is 0.264 e. The fourth-order valence-corrected chi connectivity index (χ4v) is 6.11. The Morgan fingerprint density at radius 3 is 2.02 bits per heavy atom. The number of amides is 2. The number of anilines is 1. The number of hydrogen-bond donors (Lipinski definition) is 1. The molecule has 0 aliphatic carbocycles. The second-order valence-electron chi connectivity index (χ2n) is 9.96. The molecular weight excluding hydrogens is 628 g/mol. The molecule has 3 rings (SSSR count). The predicted molar refractivity (Wildman–Crippen MR) is 166 cm³/mol. The van der Waals surface area contributed by atoms with Gasteiger partial charge in [0.15, 0.2) is 0 Å². The van der Waals surface area contributed by atoms with E-state index in [0.717, 1.165) is 9.87 Å². The summed E-state index contributed by atoms with van der Waals surface area (Å²) in [6.45, 7) is 6.92. The third kappa shape index (κ3) is 8.30. The van der Waals surface area contributed by atoms with Crippen LogP contribution in [0.5, 0.6) is 0 Å².